The number of hydrogen-bond acceptors (Lipinski definition) is 2. The Hall–Kier alpha value is -2.14. The Morgan fingerprint density at radius 2 is 2.00 bits per heavy atom. The first-order valence-corrected chi connectivity index (χ1v) is 7.11. The van der Waals surface area contributed by atoms with Gasteiger partial charge in [0.2, 0.25) is 0 Å². The fraction of sp³-hybridized carbons (Fsp3) is 0.188. The molecule has 0 unspecified atom stereocenters. The second-order valence-corrected chi connectivity index (χ2v) is 4.78. The molecule has 0 amide bonds. The summed E-state index contributed by atoms with van der Waals surface area (Å²) in [5.41, 5.74) is 1.40. The van der Waals surface area contributed by atoms with Crippen LogP contribution in [0, 0.1) is 5.82 Å². The summed E-state index contributed by atoms with van der Waals surface area (Å²) in [6.07, 6.45) is 0. The second kappa shape index (κ2) is 7.59. The van der Waals surface area contributed by atoms with Crippen molar-refractivity contribution in [2.75, 3.05) is 11.9 Å². The van der Waals surface area contributed by atoms with Crippen LogP contribution in [0.1, 0.15) is 12.5 Å². The van der Waals surface area contributed by atoms with Gasteiger partial charge in [0.1, 0.15) is 11.6 Å². The zero-order valence-corrected chi connectivity index (χ0v) is 12.5. The van der Waals surface area contributed by atoms with Gasteiger partial charge in [-0.15, -0.1) is 0 Å². The largest absolute Gasteiger partial charge is 0.494 e. The maximum Gasteiger partial charge on any atom is 0.171 e. The van der Waals surface area contributed by atoms with Crippen molar-refractivity contribution in [3.05, 3.63) is 59.9 Å². The van der Waals surface area contributed by atoms with Crippen molar-refractivity contribution in [1.82, 2.24) is 5.32 Å². The number of thiocarbonyl (C=S) groups is 1. The fourth-order valence-electron chi connectivity index (χ4n) is 1.82. The first kappa shape index (κ1) is 15.3. The van der Waals surface area contributed by atoms with E-state index in [1.807, 2.05) is 31.2 Å². The van der Waals surface area contributed by atoms with Gasteiger partial charge in [-0.1, -0.05) is 24.3 Å². The molecule has 0 aliphatic rings. The van der Waals surface area contributed by atoms with Crippen molar-refractivity contribution in [2.45, 2.75) is 13.5 Å². The predicted octanol–water partition coefficient (Wildman–Crippen LogP) is 3.71. The summed E-state index contributed by atoms with van der Waals surface area (Å²) in [4.78, 5) is 0. The Balaban J connectivity index is 1.89. The minimum atomic E-state index is -0.333. The molecule has 2 rings (SSSR count). The van der Waals surface area contributed by atoms with Crippen LogP contribution in [0.15, 0.2) is 48.5 Å². The van der Waals surface area contributed by atoms with Gasteiger partial charge in [0.25, 0.3) is 0 Å². The number of nitrogens with one attached hydrogen (secondary N) is 2. The Morgan fingerprint density at radius 3 is 2.76 bits per heavy atom. The zero-order valence-electron chi connectivity index (χ0n) is 11.7. The van der Waals surface area contributed by atoms with E-state index in [0.29, 0.717) is 24.0 Å². The van der Waals surface area contributed by atoms with Crippen molar-refractivity contribution in [1.29, 1.82) is 0 Å². The van der Waals surface area contributed by atoms with Gasteiger partial charge in [0.05, 0.1) is 12.3 Å². The molecule has 0 spiro atoms. The molecule has 0 saturated heterocycles. The zero-order chi connectivity index (χ0) is 15.1. The number of rotatable bonds is 5. The van der Waals surface area contributed by atoms with E-state index in [4.69, 9.17) is 17.0 Å². The molecule has 0 bridgehead atoms. The number of benzene rings is 2. The SMILES string of the molecule is CCOc1cccc(CNC(=S)Nc2ccccc2F)c1. The summed E-state index contributed by atoms with van der Waals surface area (Å²) < 4.78 is 18.9. The quantitative estimate of drug-likeness (QED) is 0.825. The van der Waals surface area contributed by atoms with Crippen LogP contribution in [0.4, 0.5) is 10.1 Å². The molecule has 0 aliphatic carbocycles. The molecule has 0 aromatic heterocycles. The van der Waals surface area contributed by atoms with E-state index in [1.165, 1.54) is 6.07 Å². The maximum atomic E-state index is 13.5. The standard InChI is InChI=1S/C16H17FN2OS/c1-2-20-13-7-5-6-12(10-13)11-18-16(21)19-15-9-4-3-8-14(15)17/h3-10H,2,11H2,1H3,(H2,18,19,21). The highest BCUT2D eigenvalue weighted by Gasteiger charge is 2.03. The van der Waals surface area contributed by atoms with Gasteiger partial charge in [-0.3, -0.25) is 0 Å². The molecule has 0 radical (unpaired) electrons. The number of para-hydroxylation sites is 1. The van der Waals surface area contributed by atoms with Crippen molar-refractivity contribution in [2.24, 2.45) is 0 Å². The first-order valence-electron chi connectivity index (χ1n) is 6.70. The summed E-state index contributed by atoms with van der Waals surface area (Å²) in [5.74, 6) is 0.491. The van der Waals surface area contributed by atoms with Crippen LogP contribution in [-0.4, -0.2) is 11.7 Å². The molecule has 2 N–H and O–H groups in total. The predicted molar refractivity (Wildman–Crippen MR) is 87.1 cm³/mol. The van der Waals surface area contributed by atoms with Crippen molar-refractivity contribution >= 4 is 23.0 Å². The molecule has 0 fully saturated rings. The summed E-state index contributed by atoms with van der Waals surface area (Å²) >= 11 is 5.16. The van der Waals surface area contributed by atoms with E-state index in [-0.39, 0.29) is 5.82 Å². The third-order valence-corrected chi connectivity index (χ3v) is 3.03. The number of halogens is 1. The van der Waals surface area contributed by atoms with Gasteiger partial charge < -0.3 is 15.4 Å². The van der Waals surface area contributed by atoms with Crippen LogP contribution in [0.2, 0.25) is 0 Å². The van der Waals surface area contributed by atoms with E-state index in [1.54, 1.807) is 18.2 Å². The number of hydrogen-bond donors (Lipinski definition) is 2. The lowest BCUT2D eigenvalue weighted by Gasteiger charge is -2.12. The third-order valence-electron chi connectivity index (χ3n) is 2.78. The Labute approximate surface area is 129 Å². The van der Waals surface area contributed by atoms with Crippen molar-refractivity contribution < 1.29 is 9.13 Å². The monoisotopic (exact) mass is 304 g/mol. The lowest BCUT2D eigenvalue weighted by molar-refractivity contribution is 0.340. The fourth-order valence-corrected chi connectivity index (χ4v) is 2.01. The smallest absolute Gasteiger partial charge is 0.171 e. The van der Waals surface area contributed by atoms with Gasteiger partial charge in [0.15, 0.2) is 5.11 Å². The van der Waals surface area contributed by atoms with Gasteiger partial charge in [-0.2, -0.15) is 0 Å². The summed E-state index contributed by atoms with van der Waals surface area (Å²) in [6.45, 7) is 3.11. The molecule has 5 heteroatoms. The first-order chi connectivity index (χ1) is 10.2. The highest BCUT2D eigenvalue weighted by Crippen LogP contribution is 2.14. The minimum absolute atomic E-state index is 0.333. The van der Waals surface area contributed by atoms with Gasteiger partial charge in [-0.05, 0) is 49.0 Å². The third kappa shape index (κ3) is 4.72. The molecule has 0 saturated carbocycles. The van der Waals surface area contributed by atoms with Crippen LogP contribution in [0.3, 0.4) is 0 Å². The lowest BCUT2D eigenvalue weighted by Crippen LogP contribution is -2.28. The van der Waals surface area contributed by atoms with E-state index < -0.39 is 0 Å². The van der Waals surface area contributed by atoms with Crippen molar-refractivity contribution in [3.8, 4) is 5.75 Å². The summed E-state index contributed by atoms with van der Waals surface area (Å²) in [6, 6.07) is 14.2. The van der Waals surface area contributed by atoms with Crippen LogP contribution in [0.5, 0.6) is 5.75 Å². The molecule has 2 aromatic carbocycles. The Bertz CT molecular complexity index is 619. The molecular weight excluding hydrogens is 287 g/mol. The lowest BCUT2D eigenvalue weighted by atomic mass is 10.2. The van der Waals surface area contributed by atoms with Crippen molar-refractivity contribution in [3.63, 3.8) is 0 Å². The number of ether oxygens (including phenoxy) is 1. The van der Waals surface area contributed by atoms with Gasteiger partial charge >= 0.3 is 0 Å². The van der Waals surface area contributed by atoms with Crippen LogP contribution >= 0.6 is 12.2 Å². The van der Waals surface area contributed by atoms with Gasteiger partial charge in [-0.25, -0.2) is 4.39 Å². The average Bonchev–Trinajstić information content (AvgIpc) is 2.48. The minimum Gasteiger partial charge on any atom is -0.494 e. The van der Waals surface area contributed by atoms with Crippen LogP contribution in [-0.2, 0) is 6.54 Å². The average molecular weight is 304 g/mol. The van der Waals surface area contributed by atoms with Crippen LogP contribution in [0.25, 0.3) is 0 Å². The molecule has 0 aliphatic heterocycles. The Morgan fingerprint density at radius 1 is 1.19 bits per heavy atom. The molecule has 0 heterocycles. The highest BCUT2D eigenvalue weighted by atomic mass is 32.1. The van der Waals surface area contributed by atoms with Gasteiger partial charge in [0, 0.05) is 6.54 Å². The normalized spacial score (nSPS) is 10.0. The topological polar surface area (TPSA) is 33.3 Å². The van der Waals surface area contributed by atoms with E-state index in [0.717, 1.165) is 11.3 Å². The summed E-state index contributed by atoms with van der Waals surface area (Å²) in [5, 5.41) is 6.25. The molecule has 0 atom stereocenters. The van der Waals surface area contributed by atoms with Crippen LogP contribution < -0.4 is 15.4 Å². The van der Waals surface area contributed by atoms with E-state index in [2.05, 4.69) is 10.6 Å². The highest BCUT2D eigenvalue weighted by molar-refractivity contribution is 7.80. The molecule has 21 heavy (non-hydrogen) atoms. The molecule has 110 valence electrons. The number of anilines is 1. The Kier molecular flexibility index (Phi) is 5.51. The molecular formula is C16H17FN2OS. The van der Waals surface area contributed by atoms with E-state index >= 15 is 0 Å². The molecule has 2 aromatic rings. The maximum absolute atomic E-state index is 13.5. The second-order valence-electron chi connectivity index (χ2n) is 4.37. The summed E-state index contributed by atoms with van der Waals surface area (Å²) in [7, 11) is 0. The van der Waals surface area contributed by atoms with E-state index in [9.17, 15) is 4.39 Å². The molecule has 3 nitrogen and oxygen atoms in total.